The molecule has 2 atom stereocenters. The summed E-state index contributed by atoms with van der Waals surface area (Å²) < 4.78 is 15.8. The van der Waals surface area contributed by atoms with Crippen LogP contribution in [0.15, 0.2) is 30.3 Å². The number of carbonyl (C=O) groups is 1. The second kappa shape index (κ2) is 5.93. The molecule has 126 valence electrons. The highest BCUT2D eigenvalue weighted by Gasteiger charge is 2.41. The van der Waals surface area contributed by atoms with E-state index in [9.17, 15) is 20.1 Å². The quantitative estimate of drug-likeness (QED) is 0.787. The van der Waals surface area contributed by atoms with E-state index in [0.717, 1.165) is 6.07 Å². The average molecular weight is 332 g/mol. The lowest BCUT2D eigenvalue weighted by molar-refractivity contribution is 0.0198. The van der Waals surface area contributed by atoms with E-state index in [4.69, 9.17) is 14.2 Å². The zero-order valence-electron chi connectivity index (χ0n) is 13.0. The molecule has 0 amide bonds. The highest BCUT2D eigenvalue weighted by atomic mass is 16.5. The minimum absolute atomic E-state index is 0.0819. The van der Waals surface area contributed by atoms with E-state index in [1.807, 2.05) is 0 Å². The Bertz CT molecular complexity index is 783. The summed E-state index contributed by atoms with van der Waals surface area (Å²) in [6, 6.07) is 7.62. The topological polar surface area (TPSA) is 105 Å². The summed E-state index contributed by atoms with van der Waals surface area (Å²) in [5.74, 6) is -1.14. The minimum Gasteiger partial charge on any atom is -0.507 e. The second-order valence-electron chi connectivity index (χ2n) is 5.27. The summed E-state index contributed by atoms with van der Waals surface area (Å²) >= 11 is 0. The van der Waals surface area contributed by atoms with Gasteiger partial charge in [-0.25, -0.2) is 0 Å². The van der Waals surface area contributed by atoms with Gasteiger partial charge in [0, 0.05) is 6.07 Å². The molecule has 7 heteroatoms. The Labute approximate surface area is 137 Å². The van der Waals surface area contributed by atoms with Gasteiger partial charge < -0.3 is 29.5 Å². The van der Waals surface area contributed by atoms with Crippen LogP contribution in [0.25, 0.3) is 0 Å². The number of carbonyl (C=O) groups excluding carboxylic acids is 1. The Morgan fingerprint density at radius 3 is 2.29 bits per heavy atom. The Morgan fingerprint density at radius 2 is 1.71 bits per heavy atom. The Morgan fingerprint density at radius 1 is 1.04 bits per heavy atom. The lowest BCUT2D eigenvalue weighted by atomic mass is 9.92. The van der Waals surface area contributed by atoms with Crippen molar-refractivity contribution in [2.75, 3.05) is 14.2 Å². The largest absolute Gasteiger partial charge is 0.507 e. The first kappa shape index (κ1) is 15.9. The molecular weight excluding hydrogens is 316 g/mol. The molecule has 0 saturated heterocycles. The van der Waals surface area contributed by atoms with Crippen LogP contribution in [-0.2, 0) is 0 Å². The molecule has 24 heavy (non-hydrogen) atoms. The molecule has 1 aliphatic rings. The first-order valence-electron chi connectivity index (χ1n) is 7.13. The fraction of sp³-hybridized carbons (Fsp3) is 0.235. The van der Waals surface area contributed by atoms with Crippen molar-refractivity contribution in [3.05, 3.63) is 41.5 Å². The molecule has 2 aromatic rings. The van der Waals surface area contributed by atoms with Crippen molar-refractivity contribution in [1.82, 2.24) is 0 Å². The predicted molar refractivity (Wildman–Crippen MR) is 83.0 cm³/mol. The summed E-state index contributed by atoms with van der Waals surface area (Å²) in [5.41, 5.74) is 0.314. The summed E-state index contributed by atoms with van der Waals surface area (Å²) in [5, 5.41) is 30.1. The lowest BCUT2D eigenvalue weighted by Crippen LogP contribution is -2.36. The summed E-state index contributed by atoms with van der Waals surface area (Å²) in [6.45, 7) is 0. The lowest BCUT2D eigenvalue weighted by Gasteiger charge is -2.31. The van der Waals surface area contributed by atoms with Gasteiger partial charge in [-0.05, 0) is 17.7 Å². The van der Waals surface area contributed by atoms with Crippen LogP contribution in [0.4, 0.5) is 0 Å². The number of rotatable bonds is 3. The van der Waals surface area contributed by atoms with Gasteiger partial charge in [-0.2, -0.15) is 0 Å². The number of ether oxygens (including phenoxy) is 3. The van der Waals surface area contributed by atoms with Crippen molar-refractivity contribution < 1.29 is 34.3 Å². The van der Waals surface area contributed by atoms with Gasteiger partial charge in [-0.3, -0.25) is 4.79 Å². The maximum atomic E-state index is 12.5. The van der Waals surface area contributed by atoms with Gasteiger partial charge in [0.05, 0.1) is 14.2 Å². The average Bonchev–Trinajstić information content (AvgIpc) is 2.58. The number of phenolic OH excluding ortho intramolecular Hbond substituents is 2. The number of benzene rings is 2. The molecule has 1 heterocycles. The van der Waals surface area contributed by atoms with Gasteiger partial charge in [-0.15, -0.1) is 0 Å². The minimum atomic E-state index is -1.51. The number of Topliss-reactive ketones (excluding diaryl/α,β-unsaturated/α-hetero) is 1. The first-order chi connectivity index (χ1) is 11.5. The Balaban J connectivity index is 2.10. The molecule has 2 aromatic carbocycles. The van der Waals surface area contributed by atoms with Gasteiger partial charge in [0.2, 0.25) is 11.5 Å². The van der Waals surface area contributed by atoms with Gasteiger partial charge >= 0.3 is 0 Å². The summed E-state index contributed by atoms with van der Waals surface area (Å²) in [6.07, 6.45) is -2.52. The molecule has 0 fully saturated rings. The van der Waals surface area contributed by atoms with E-state index >= 15 is 0 Å². The number of aliphatic hydroxyl groups is 1. The van der Waals surface area contributed by atoms with Crippen LogP contribution in [0.3, 0.4) is 0 Å². The van der Waals surface area contributed by atoms with Crippen LogP contribution < -0.4 is 14.2 Å². The van der Waals surface area contributed by atoms with Crippen LogP contribution in [0.2, 0.25) is 0 Å². The molecule has 0 aromatic heterocycles. The third kappa shape index (κ3) is 2.39. The molecule has 0 aliphatic carbocycles. The standard InChI is InChI=1S/C17H16O7/c1-22-9-5-3-8(4-6-9)15-14(21)13(20)12-10(18)7-11(19)16(23-2)17(12)24-15/h3-7,14-15,18-19,21H,1-2H3. The zero-order chi connectivity index (χ0) is 17.4. The van der Waals surface area contributed by atoms with E-state index in [2.05, 4.69) is 0 Å². The van der Waals surface area contributed by atoms with E-state index in [1.54, 1.807) is 24.3 Å². The van der Waals surface area contributed by atoms with Crippen molar-refractivity contribution >= 4 is 5.78 Å². The van der Waals surface area contributed by atoms with Crippen molar-refractivity contribution in [3.8, 4) is 28.7 Å². The number of phenols is 2. The highest BCUT2D eigenvalue weighted by Crippen LogP contribution is 2.49. The molecule has 0 radical (unpaired) electrons. The van der Waals surface area contributed by atoms with Gasteiger partial charge in [0.25, 0.3) is 0 Å². The van der Waals surface area contributed by atoms with Gasteiger partial charge in [0.15, 0.2) is 23.7 Å². The maximum Gasteiger partial charge on any atom is 0.204 e. The van der Waals surface area contributed by atoms with E-state index < -0.39 is 23.7 Å². The van der Waals surface area contributed by atoms with E-state index in [1.165, 1.54) is 14.2 Å². The van der Waals surface area contributed by atoms with Crippen LogP contribution in [0.1, 0.15) is 22.0 Å². The van der Waals surface area contributed by atoms with Crippen LogP contribution in [0.5, 0.6) is 28.7 Å². The number of methoxy groups -OCH3 is 2. The molecule has 3 rings (SSSR count). The van der Waals surface area contributed by atoms with Crippen molar-refractivity contribution in [3.63, 3.8) is 0 Å². The molecular formula is C17H16O7. The van der Waals surface area contributed by atoms with Gasteiger partial charge in [-0.1, -0.05) is 12.1 Å². The smallest absolute Gasteiger partial charge is 0.204 e. The fourth-order valence-corrected chi connectivity index (χ4v) is 2.68. The Kier molecular flexibility index (Phi) is 3.94. The number of hydrogen-bond acceptors (Lipinski definition) is 7. The van der Waals surface area contributed by atoms with Crippen LogP contribution in [0, 0.1) is 0 Å². The Hall–Kier alpha value is -2.93. The van der Waals surface area contributed by atoms with Crippen molar-refractivity contribution in [2.45, 2.75) is 12.2 Å². The van der Waals surface area contributed by atoms with E-state index in [-0.39, 0.29) is 22.8 Å². The number of ketones is 1. The third-order valence-electron chi connectivity index (χ3n) is 3.89. The molecule has 0 saturated carbocycles. The number of aromatic hydroxyl groups is 2. The SMILES string of the molecule is COc1ccc(C2Oc3c(OC)c(O)cc(O)c3C(=O)C2O)cc1. The number of fused-ring (bicyclic) bond motifs is 1. The molecule has 1 aliphatic heterocycles. The molecule has 7 nitrogen and oxygen atoms in total. The fourth-order valence-electron chi connectivity index (χ4n) is 2.68. The normalized spacial score (nSPS) is 19.4. The van der Waals surface area contributed by atoms with Crippen LogP contribution in [-0.4, -0.2) is 41.4 Å². The summed E-state index contributed by atoms with van der Waals surface area (Å²) in [7, 11) is 2.82. The van der Waals surface area contributed by atoms with Crippen LogP contribution >= 0.6 is 0 Å². The number of aliphatic hydroxyl groups excluding tert-OH is 1. The van der Waals surface area contributed by atoms with Crippen molar-refractivity contribution in [2.24, 2.45) is 0 Å². The highest BCUT2D eigenvalue weighted by molar-refractivity contribution is 6.06. The molecule has 3 N–H and O–H groups in total. The monoisotopic (exact) mass is 332 g/mol. The molecule has 0 bridgehead atoms. The number of hydrogen-bond donors (Lipinski definition) is 3. The van der Waals surface area contributed by atoms with Gasteiger partial charge in [0.1, 0.15) is 17.1 Å². The predicted octanol–water partition coefficient (Wildman–Crippen LogP) is 1.79. The molecule has 2 unspecified atom stereocenters. The maximum absolute atomic E-state index is 12.5. The third-order valence-corrected chi connectivity index (χ3v) is 3.89. The first-order valence-corrected chi connectivity index (χ1v) is 7.13. The second-order valence-corrected chi connectivity index (χ2v) is 5.27. The zero-order valence-corrected chi connectivity index (χ0v) is 13.0. The summed E-state index contributed by atoms with van der Waals surface area (Å²) in [4.78, 5) is 12.5. The molecule has 0 spiro atoms. The van der Waals surface area contributed by atoms with E-state index in [0.29, 0.717) is 11.3 Å². The van der Waals surface area contributed by atoms with Crippen molar-refractivity contribution in [1.29, 1.82) is 0 Å².